The Balaban J connectivity index is 1.62. The lowest BCUT2D eigenvalue weighted by molar-refractivity contribution is 0.177. The summed E-state index contributed by atoms with van der Waals surface area (Å²) in [6.45, 7) is 2.49. The van der Waals surface area contributed by atoms with Gasteiger partial charge in [-0.05, 0) is 38.2 Å². The van der Waals surface area contributed by atoms with Crippen LogP contribution in [-0.2, 0) is 6.42 Å². The van der Waals surface area contributed by atoms with Gasteiger partial charge in [-0.3, -0.25) is 0 Å². The number of aromatic nitrogens is 6. The molecule has 0 unspecified atom stereocenters. The number of nitrogens with zero attached hydrogens (tertiary/aromatic N) is 6. The van der Waals surface area contributed by atoms with E-state index in [2.05, 4.69) is 25.3 Å². The molecule has 8 nitrogen and oxygen atoms in total. The molecule has 0 amide bonds. The Bertz CT molecular complexity index is 863. The van der Waals surface area contributed by atoms with Gasteiger partial charge in [0, 0.05) is 12.5 Å². The molecule has 1 fully saturated rings. The van der Waals surface area contributed by atoms with Crippen LogP contribution in [0, 0.1) is 5.92 Å². The summed E-state index contributed by atoms with van der Waals surface area (Å²) in [5.41, 5.74) is 2.07. The highest BCUT2D eigenvalue weighted by Gasteiger charge is 2.24. The van der Waals surface area contributed by atoms with Crippen molar-refractivity contribution in [2.24, 2.45) is 5.92 Å². The molecule has 0 aliphatic heterocycles. The highest BCUT2D eigenvalue weighted by molar-refractivity contribution is 5.70. The summed E-state index contributed by atoms with van der Waals surface area (Å²) in [5, 5.41) is 18.0. The second-order valence-corrected chi connectivity index (χ2v) is 6.32. The topological polar surface area (TPSA) is 98.8 Å². The Labute approximate surface area is 144 Å². The lowest BCUT2D eigenvalue weighted by atomic mass is 10.0. The number of ether oxygens (including phenoxy) is 1. The highest BCUT2D eigenvalue weighted by Crippen LogP contribution is 2.28. The Morgan fingerprint density at radius 3 is 2.88 bits per heavy atom. The van der Waals surface area contributed by atoms with Gasteiger partial charge >= 0.3 is 0 Å². The lowest BCUT2D eigenvalue weighted by Crippen LogP contribution is -2.07. The predicted octanol–water partition coefficient (Wildman–Crippen LogP) is 1.71. The number of rotatable bonds is 5. The maximum atomic E-state index is 9.69. The van der Waals surface area contributed by atoms with Gasteiger partial charge in [0.05, 0.1) is 30.8 Å². The minimum atomic E-state index is -0.184. The Morgan fingerprint density at radius 2 is 2.16 bits per heavy atom. The van der Waals surface area contributed by atoms with Crippen LogP contribution in [0.25, 0.3) is 16.9 Å². The number of aliphatic hydroxyl groups is 1. The number of hydrogen-bond donors (Lipinski definition) is 1. The molecule has 3 aromatic rings. The molecule has 1 saturated carbocycles. The third-order valence-corrected chi connectivity index (χ3v) is 4.48. The van der Waals surface area contributed by atoms with Crippen molar-refractivity contribution >= 4 is 11.2 Å². The van der Waals surface area contributed by atoms with Crippen molar-refractivity contribution in [3.63, 3.8) is 0 Å². The van der Waals surface area contributed by atoms with Gasteiger partial charge in [0.2, 0.25) is 5.88 Å². The van der Waals surface area contributed by atoms with E-state index in [0.717, 1.165) is 37.2 Å². The minimum Gasteiger partial charge on any atom is -0.478 e. The number of fused-ring (bicyclic) bond motifs is 1. The summed E-state index contributed by atoms with van der Waals surface area (Å²) < 4.78 is 7.02. The van der Waals surface area contributed by atoms with Gasteiger partial charge < -0.3 is 9.84 Å². The number of pyridine rings is 1. The average molecular weight is 340 g/mol. The predicted molar refractivity (Wildman–Crippen MR) is 90.5 cm³/mol. The van der Waals surface area contributed by atoms with Crippen LogP contribution in [0.15, 0.2) is 24.5 Å². The molecule has 1 aliphatic rings. The van der Waals surface area contributed by atoms with E-state index in [1.165, 1.54) is 0 Å². The molecular formula is C17H20N6O2. The molecule has 0 bridgehead atoms. The van der Waals surface area contributed by atoms with Crippen LogP contribution in [0.2, 0.25) is 0 Å². The zero-order valence-corrected chi connectivity index (χ0v) is 14.0. The summed E-state index contributed by atoms with van der Waals surface area (Å²) in [6, 6.07) is 3.68. The highest BCUT2D eigenvalue weighted by atomic mass is 16.5. The molecule has 3 aromatic heterocycles. The molecule has 25 heavy (non-hydrogen) atoms. The van der Waals surface area contributed by atoms with Crippen molar-refractivity contribution in [1.29, 1.82) is 0 Å². The second kappa shape index (κ2) is 6.72. The molecule has 4 rings (SSSR count). The summed E-state index contributed by atoms with van der Waals surface area (Å²) in [5.74, 6) is 1.77. The van der Waals surface area contributed by atoms with Gasteiger partial charge in [0.15, 0.2) is 11.2 Å². The number of hydrogen-bond acceptors (Lipinski definition) is 7. The maximum absolute atomic E-state index is 9.69. The summed E-state index contributed by atoms with van der Waals surface area (Å²) in [4.78, 5) is 13.3. The fourth-order valence-corrected chi connectivity index (χ4v) is 3.26. The normalized spacial score (nSPS) is 20.2. The Morgan fingerprint density at radius 1 is 1.24 bits per heavy atom. The van der Waals surface area contributed by atoms with Gasteiger partial charge in [-0.15, -0.1) is 5.10 Å². The van der Waals surface area contributed by atoms with Gasteiger partial charge in [-0.25, -0.2) is 15.0 Å². The van der Waals surface area contributed by atoms with Crippen LogP contribution >= 0.6 is 0 Å². The lowest BCUT2D eigenvalue weighted by Gasteiger charge is -2.08. The quantitative estimate of drug-likeness (QED) is 0.755. The van der Waals surface area contributed by atoms with E-state index < -0.39 is 0 Å². The molecule has 1 N–H and O–H groups in total. The van der Waals surface area contributed by atoms with Crippen LogP contribution < -0.4 is 4.74 Å². The smallest absolute Gasteiger partial charge is 0.213 e. The molecule has 3 heterocycles. The SMILES string of the molecule is CCOc1ccc(-n2nnc3cnc(C[C@@H]4CC[C@@H](O)C4)nc32)cn1. The molecule has 0 saturated heterocycles. The molecule has 0 spiro atoms. The first-order valence-electron chi connectivity index (χ1n) is 8.57. The van der Waals surface area contributed by atoms with Crippen LogP contribution in [0.1, 0.15) is 32.0 Å². The van der Waals surface area contributed by atoms with Crippen LogP contribution in [0.3, 0.4) is 0 Å². The summed E-state index contributed by atoms with van der Waals surface area (Å²) in [6.07, 6.45) is 6.67. The third-order valence-electron chi connectivity index (χ3n) is 4.48. The van der Waals surface area contributed by atoms with Gasteiger partial charge in [-0.1, -0.05) is 5.21 Å². The molecule has 1 aliphatic carbocycles. The van der Waals surface area contributed by atoms with Crippen molar-refractivity contribution in [3.8, 4) is 11.6 Å². The molecule has 0 aromatic carbocycles. The van der Waals surface area contributed by atoms with Gasteiger partial charge in [0.1, 0.15) is 5.82 Å². The summed E-state index contributed by atoms with van der Waals surface area (Å²) in [7, 11) is 0. The maximum Gasteiger partial charge on any atom is 0.213 e. The molecular weight excluding hydrogens is 320 g/mol. The second-order valence-electron chi connectivity index (χ2n) is 6.32. The van der Waals surface area contributed by atoms with E-state index in [9.17, 15) is 5.11 Å². The van der Waals surface area contributed by atoms with Crippen molar-refractivity contribution in [2.45, 2.75) is 38.7 Å². The molecule has 2 atom stereocenters. The number of aliphatic hydroxyl groups excluding tert-OH is 1. The fourth-order valence-electron chi connectivity index (χ4n) is 3.26. The van der Waals surface area contributed by atoms with Crippen molar-refractivity contribution in [3.05, 3.63) is 30.4 Å². The third kappa shape index (κ3) is 3.30. The van der Waals surface area contributed by atoms with Crippen molar-refractivity contribution in [2.75, 3.05) is 6.61 Å². The van der Waals surface area contributed by atoms with E-state index in [1.807, 2.05) is 13.0 Å². The van der Waals surface area contributed by atoms with Crippen LogP contribution in [-0.4, -0.2) is 47.8 Å². The monoisotopic (exact) mass is 340 g/mol. The molecule has 0 radical (unpaired) electrons. The van der Waals surface area contributed by atoms with E-state index in [1.54, 1.807) is 23.1 Å². The standard InChI is InChI=1S/C17H20N6O2/c1-2-25-16-6-4-12(9-19-16)23-17-14(21-22-23)10-18-15(20-17)8-11-3-5-13(24)7-11/h4,6,9-11,13,24H,2-3,5,7-8H2,1H3/t11-,13-/m1/s1. The zero-order valence-electron chi connectivity index (χ0n) is 14.0. The zero-order chi connectivity index (χ0) is 17.2. The van der Waals surface area contributed by atoms with Crippen molar-refractivity contribution in [1.82, 2.24) is 29.9 Å². The van der Waals surface area contributed by atoms with Gasteiger partial charge in [0.25, 0.3) is 0 Å². The van der Waals surface area contributed by atoms with Crippen molar-refractivity contribution < 1.29 is 9.84 Å². The van der Waals surface area contributed by atoms with Crippen LogP contribution in [0.4, 0.5) is 0 Å². The van der Waals surface area contributed by atoms with E-state index >= 15 is 0 Å². The van der Waals surface area contributed by atoms with E-state index in [-0.39, 0.29) is 6.10 Å². The first-order chi connectivity index (χ1) is 12.2. The first-order valence-corrected chi connectivity index (χ1v) is 8.57. The minimum absolute atomic E-state index is 0.184. The van der Waals surface area contributed by atoms with Gasteiger partial charge in [-0.2, -0.15) is 4.68 Å². The first kappa shape index (κ1) is 15.9. The summed E-state index contributed by atoms with van der Waals surface area (Å²) >= 11 is 0. The largest absolute Gasteiger partial charge is 0.478 e. The Hall–Kier alpha value is -2.61. The van der Waals surface area contributed by atoms with E-state index in [0.29, 0.717) is 29.6 Å². The molecule has 8 heteroatoms. The molecule has 130 valence electrons. The average Bonchev–Trinajstić information content (AvgIpc) is 3.22. The fraction of sp³-hybridized carbons (Fsp3) is 0.471. The Kier molecular flexibility index (Phi) is 4.27. The van der Waals surface area contributed by atoms with E-state index in [4.69, 9.17) is 4.74 Å². The van der Waals surface area contributed by atoms with Crippen LogP contribution in [0.5, 0.6) is 5.88 Å².